The van der Waals surface area contributed by atoms with Crippen LogP contribution < -0.4 is 9.73 Å². The molecule has 9 nitrogen and oxygen atoms in total. The Kier molecular flexibility index (Phi) is 7.64. The van der Waals surface area contributed by atoms with E-state index < -0.39 is 27.4 Å². The number of nitro groups is 1. The number of hydrogen-bond acceptors (Lipinski definition) is 6. The van der Waals surface area contributed by atoms with E-state index in [1.807, 2.05) is 6.92 Å². The molecule has 0 aliphatic heterocycles. The second-order valence-electron chi connectivity index (χ2n) is 7.34. The van der Waals surface area contributed by atoms with Gasteiger partial charge in [0, 0.05) is 22.7 Å². The summed E-state index contributed by atoms with van der Waals surface area (Å²) in [7, 11) is -4.08. The first-order valence-corrected chi connectivity index (χ1v) is 11.8. The molecule has 0 heterocycles. The first kappa shape index (κ1) is 24.9. The molecule has 3 aromatic carbocycles. The van der Waals surface area contributed by atoms with Crippen molar-refractivity contribution in [3.8, 4) is 0 Å². The number of non-ortho nitro benzene ring substituents is 1. The summed E-state index contributed by atoms with van der Waals surface area (Å²) in [5.74, 6) is -0.699. The van der Waals surface area contributed by atoms with Crippen LogP contribution in [0.3, 0.4) is 0 Å². The van der Waals surface area contributed by atoms with Crippen LogP contribution in [0.4, 0.5) is 11.4 Å². The number of rotatable bonds is 8. The maximum Gasteiger partial charge on any atom is 0.270 e. The number of nitro benzene ring substituents is 1. The van der Waals surface area contributed by atoms with Crippen LogP contribution in [-0.2, 0) is 14.8 Å². The van der Waals surface area contributed by atoms with Gasteiger partial charge in [0.1, 0.15) is 6.54 Å². The number of nitrogens with one attached hydrogen (secondary N) is 1. The van der Waals surface area contributed by atoms with E-state index in [1.54, 1.807) is 25.1 Å². The van der Waals surface area contributed by atoms with Crippen LogP contribution in [-0.4, -0.2) is 31.5 Å². The fraction of sp³-hybridized carbons (Fsp3) is 0.130. The van der Waals surface area contributed by atoms with Crippen LogP contribution in [0.25, 0.3) is 0 Å². The highest BCUT2D eigenvalue weighted by atomic mass is 35.5. The van der Waals surface area contributed by atoms with Crippen molar-refractivity contribution in [2.24, 2.45) is 5.10 Å². The number of benzene rings is 3. The normalized spacial score (nSPS) is 11.7. The minimum atomic E-state index is -4.08. The summed E-state index contributed by atoms with van der Waals surface area (Å²) in [5.41, 5.74) is 4.10. The van der Waals surface area contributed by atoms with Gasteiger partial charge in [-0.05, 0) is 50.2 Å². The Morgan fingerprint density at radius 3 is 2.35 bits per heavy atom. The van der Waals surface area contributed by atoms with Crippen LogP contribution in [0.2, 0.25) is 5.02 Å². The van der Waals surface area contributed by atoms with Gasteiger partial charge >= 0.3 is 0 Å². The van der Waals surface area contributed by atoms with E-state index >= 15 is 0 Å². The first-order valence-electron chi connectivity index (χ1n) is 10.0. The third kappa shape index (κ3) is 5.97. The molecule has 1 N–H and O–H groups in total. The largest absolute Gasteiger partial charge is 0.271 e. The Bertz CT molecular complexity index is 1340. The van der Waals surface area contributed by atoms with E-state index in [4.69, 9.17) is 11.6 Å². The molecule has 0 bridgehead atoms. The number of sulfonamides is 1. The fourth-order valence-electron chi connectivity index (χ4n) is 2.98. The van der Waals surface area contributed by atoms with Gasteiger partial charge in [-0.1, -0.05) is 41.4 Å². The van der Waals surface area contributed by atoms with Gasteiger partial charge in [0.05, 0.1) is 21.2 Å². The lowest BCUT2D eigenvalue weighted by Crippen LogP contribution is -2.39. The standard InChI is InChI=1S/C23H21ClN4O5S/c1-16-6-12-22(13-7-16)34(32,33)27(20-10-8-19(24)9-11-20)15-23(29)26-25-17(2)18-4-3-5-21(14-18)28(30)31/h3-14H,15H2,1-2H3,(H,26,29)/b25-17-. The van der Waals surface area contributed by atoms with Gasteiger partial charge in [-0.3, -0.25) is 19.2 Å². The summed E-state index contributed by atoms with van der Waals surface area (Å²) in [6.07, 6.45) is 0. The van der Waals surface area contributed by atoms with Gasteiger partial charge in [0.2, 0.25) is 0 Å². The second kappa shape index (κ2) is 10.4. The summed E-state index contributed by atoms with van der Waals surface area (Å²) < 4.78 is 27.6. The van der Waals surface area contributed by atoms with Gasteiger partial charge in [0.25, 0.3) is 21.6 Å². The zero-order valence-corrected chi connectivity index (χ0v) is 19.9. The zero-order valence-electron chi connectivity index (χ0n) is 18.3. The van der Waals surface area contributed by atoms with E-state index in [0.717, 1.165) is 9.87 Å². The van der Waals surface area contributed by atoms with Crippen molar-refractivity contribution in [2.45, 2.75) is 18.7 Å². The maximum atomic E-state index is 13.3. The van der Waals surface area contributed by atoms with E-state index in [0.29, 0.717) is 16.3 Å². The molecule has 0 spiro atoms. The number of anilines is 1. The molecule has 0 saturated heterocycles. The Labute approximate surface area is 201 Å². The van der Waals surface area contributed by atoms with E-state index in [9.17, 15) is 23.3 Å². The van der Waals surface area contributed by atoms with Gasteiger partial charge in [-0.15, -0.1) is 0 Å². The van der Waals surface area contributed by atoms with Crippen molar-refractivity contribution in [1.29, 1.82) is 0 Å². The summed E-state index contributed by atoms with van der Waals surface area (Å²) in [6.45, 7) is 2.85. The van der Waals surface area contributed by atoms with Gasteiger partial charge in [-0.2, -0.15) is 5.10 Å². The van der Waals surface area contributed by atoms with Crippen LogP contribution in [0.15, 0.2) is 82.8 Å². The van der Waals surface area contributed by atoms with Gasteiger partial charge < -0.3 is 0 Å². The number of carbonyl (C=O) groups excluding carboxylic acids is 1. The van der Waals surface area contributed by atoms with Crippen molar-refractivity contribution < 1.29 is 18.1 Å². The Morgan fingerprint density at radius 1 is 1.09 bits per heavy atom. The highest BCUT2D eigenvalue weighted by Gasteiger charge is 2.27. The predicted molar refractivity (Wildman–Crippen MR) is 131 cm³/mol. The minimum Gasteiger partial charge on any atom is -0.271 e. The Balaban J connectivity index is 1.86. The molecule has 0 unspecified atom stereocenters. The molecule has 0 fully saturated rings. The molecule has 0 atom stereocenters. The monoisotopic (exact) mass is 500 g/mol. The smallest absolute Gasteiger partial charge is 0.270 e. The van der Waals surface area contributed by atoms with Gasteiger partial charge in [-0.25, -0.2) is 13.8 Å². The first-order chi connectivity index (χ1) is 16.1. The molecule has 34 heavy (non-hydrogen) atoms. The molecule has 0 aromatic heterocycles. The maximum absolute atomic E-state index is 13.3. The lowest BCUT2D eigenvalue weighted by Gasteiger charge is -2.24. The second-order valence-corrected chi connectivity index (χ2v) is 9.64. The number of hydrogen-bond donors (Lipinski definition) is 1. The summed E-state index contributed by atoms with van der Waals surface area (Å²) >= 11 is 5.94. The van der Waals surface area contributed by atoms with Gasteiger partial charge in [0.15, 0.2) is 0 Å². The van der Waals surface area contributed by atoms with Crippen molar-refractivity contribution in [3.05, 3.63) is 99.1 Å². The highest BCUT2D eigenvalue weighted by Crippen LogP contribution is 2.25. The number of amides is 1. The predicted octanol–water partition coefficient (Wildman–Crippen LogP) is 4.29. The third-order valence-corrected chi connectivity index (χ3v) is 6.87. The number of halogens is 1. The number of carbonyl (C=O) groups is 1. The molecule has 176 valence electrons. The molecular formula is C23H21ClN4O5S. The average Bonchev–Trinajstić information content (AvgIpc) is 2.82. The Morgan fingerprint density at radius 2 is 1.74 bits per heavy atom. The molecule has 11 heteroatoms. The summed E-state index contributed by atoms with van der Waals surface area (Å²) in [4.78, 5) is 23.1. The highest BCUT2D eigenvalue weighted by molar-refractivity contribution is 7.92. The van der Waals surface area contributed by atoms with Crippen LogP contribution in [0.1, 0.15) is 18.1 Å². The molecular weight excluding hydrogens is 480 g/mol. The molecule has 0 saturated carbocycles. The van der Waals surface area contributed by atoms with E-state index in [-0.39, 0.29) is 16.3 Å². The third-order valence-electron chi connectivity index (χ3n) is 4.83. The van der Waals surface area contributed by atoms with Crippen molar-refractivity contribution in [1.82, 2.24) is 5.43 Å². The van der Waals surface area contributed by atoms with Crippen LogP contribution in [0, 0.1) is 17.0 Å². The molecule has 0 aliphatic carbocycles. The van der Waals surface area contributed by atoms with E-state index in [1.165, 1.54) is 54.6 Å². The number of hydrazone groups is 1. The average molecular weight is 501 g/mol. The number of aryl methyl sites for hydroxylation is 1. The Hall–Kier alpha value is -3.76. The molecule has 1 amide bonds. The summed E-state index contributed by atoms with van der Waals surface area (Å²) in [6, 6.07) is 18.1. The number of nitrogens with zero attached hydrogens (tertiary/aromatic N) is 3. The lowest BCUT2D eigenvalue weighted by atomic mass is 10.1. The van der Waals surface area contributed by atoms with Crippen molar-refractivity contribution >= 4 is 44.6 Å². The van der Waals surface area contributed by atoms with Crippen LogP contribution in [0.5, 0.6) is 0 Å². The molecule has 0 radical (unpaired) electrons. The van der Waals surface area contributed by atoms with Crippen molar-refractivity contribution in [3.63, 3.8) is 0 Å². The van der Waals surface area contributed by atoms with Crippen LogP contribution >= 0.6 is 11.6 Å². The lowest BCUT2D eigenvalue weighted by molar-refractivity contribution is -0.384. The van der Waals surface area contributed by atoms with Crippen molar-refractivity contribution in [2.75, 3.05) is 10.8 Å². The topological polar surface area (TPSA) is 122 Å². The van der Waals surface area contributed by atoms with E-state index in [2.05, 4.69) is 10.5 Å². The molecule has 3 rings (SSSR count). The fourth-order valence-corrected chi connectivity index (χ4v) is 4.53. The summed E-state index contributed by atoms with van der Waals surface area (Å²) in [5, 5.41) is 15.4. The quantitative estimate of drug-likeness (QED) is 0.281. The molecule has 3 aromatic rings. The zero-order chi connectivity index (χ0) is 24.9. The minimum absolute atomic E-state index is 0.0251. The molecule has 0 aliphatic rings. The SMILES string of the molecule is C/C(=N/NC(=O)CN(c1ccc(Cl)cc1)S(=O)(=O)c1ccc(C)cc1)c1cccc([N+](=O)[O-])c1.